The van der Waals surface area contributed by atoms with Crippen LogP contribution in [0, 0.1) is 0 Å². The molecule has 1 aliphatic heterocycles. The third-order valence-electron chi connectivity index (χ3n) is 4.28. The van der Waals surface area contributed by atoms with E-state index in [1.54, 1.807) is 11.0 Å². The van der Waals surface area contributed by atoms with Gasteiger partial charge in [0.25, 0.3) is 0 Å². The Labute approximate surface area is 129 Å². The van der Waals surface area contributed by atoms with Gasteiger partial charge in [-0.2, -0.15) is 5.10 Å². The summed E-state index contributed by atoms with van der Waals surface area (Å²) in [7, 11) is 0. The van der Waals surface area contributed by atoms with Gasteiger partial charge in [-0.3, -0.25) is 4.79 Å². The second-order valence-electron chi connectivity index (χ2n) is 5.71. The molecular weight excluding hydrogens is 278 g/mol. The van der Waals surface area contributed by atoms with Crippen molar-refractivity contribution in [1.29, 1.82) is 0 Å². The van der Waals surface area contributed by atoms with Gasteiger partial charge < -0.3 is 10.6 Å². The third kappa shape index (κ3) is 3.01. The molecule has 0 radical (unpaired) electrons. The van der Waals surface area contributed by atoms with E-state index in [-0.39, 0.29) is 5.91 Å². The molecule has 1 aromatic carbocycles. The largest absolute Gasteiger partial charge is 0.324 e. The van der Waals surface area contributed by atoms with Gasteiger partial charge in [0, 0.05) is 5.69 Å². The van der Waals surface area contributed by atoms with Crippen molar-refractivity contribution in [1.82, 2.24) is 20.1 Å². The molecule has 3 rings (SSSR count). The summed E-state index contributed by atoms with van der Waals surface area (Å²) in [5.41, 5.74) is 1.49. The van der Waals surface area contributed by atoms with Crippen molar-refractivity contribution < 1.29 is 4.79 Å². The molecule has 6 nitrogen and oxygen atoms in total. The minimum Gasteiger partial charge on any atom is -0.324 e. The first-order chi connectivity index (χ1) is 10.7. The van der Waals surface area contributed by atoms with Gasteiger partial charge in [0.1, 0.15) is 12.7 Å². The Morgan fingerprint density at radius 1 is 1.50 bits per heavy atom. The number of benzene rings is 1. The van der Waals surface area contributed by atoms with Gasteiger partial charge in [-0.05, 0) is 43.5 Å². The fraction of sp³-hybridized carbons (Fsp3) is 0.438. The summed E-state index contributed by atoms with van der Waals surface area (Å²) in [6.45, 7) is 3.60. The number of anilines is 1. The van der Waals surface area contributed by atoms with Crippen molar-refractivity contribution in [3.8, 4) is 0 Å². The summed E-state index contributed by atoms with van der Waals surface area (Å²) in [6, 6.07) is 7.86. The zero-order valence-electron chi connectivity index (χ0n) is 12.7. The van der Waals surface area contributed by atoms with Crippen LogP contribution >= 0.6 is 0 Å². The third-order valence-corrected chi connectivity index (χ3v) is 4.28. The van der Waals surface area contributed by atoms with Crippen LogP contribution in [0.15, 0.2) is 36.9 Å². The molecule has 1 amide bonds. The Hall–Kier alpha value is -2.21. The predicted molar refractivity (Wildman–Crippen MR) is 84.5 cm³/mol. The first-order valence-corrected chi connectivity index (χ1v) is 7.70. The van der Waals surface area contributed by atoms with Crippen molar-refractivity contribution in [2.24, 2.45) is 0 Å². The molecule has 1 saturated heterocycles. The number of aromatic nitrogens is 3. The van der Waals surface area contributed by atoms with Gasteiger partial charge in [0.15, 0.2) is 0 Å². The lowest BCUT2D eigenvalue weighted by Crippen LogP contribution is -2.50. The minimum absolute atomic E-state index is 0.0606. The lowest BCUT2D eigenvalue weighted by atomic mass is 9.93. The maximum Gasteiger partial charge on any atom is 0.244 e. The molecule has 2 heterocycles. The molecule has 1 unspecified atom stereocenters. The first-order valence-electron chi connectivity index (χ1n) is 7.70. The molecule has 22 heavy (non-hydrogen) atoms. The van der Waals surface area contributed by atoms with Crippen LogP contribution in [0.5, 0.6) is 0 Å². The highest BCUT2D eigenvalue weighted by molar-refractivity contribution is 5.98. The highest BCUT2D eigenvalue weighted by Gasteiger charge is 2.38. The quantitative estimate of drug-likeness (QED) is 0.883. The van der Waals surface area contributed by atoms with E-state index in [9.17, 15) is 4.79 Å². The molecule has 6 heteroatoms. The summed E-state index contributed by atoms with van der Waals surface area (Å²) >= 11 is 0. The highest BCUT2D eigenvalue weighted by atomic mass is 16.2. The number of hydrogen-bond donors (Lipinski definition) is 2. The zero-order valence-corrected chi connectivity index (χ0v) is 12.7. The van der Waals surface area contributed by atoms with Gasteiger partial charge in [-0.1, -0.05) is 19.1 Å². The highest BCUT2D eigenvalue weighted by Crippen LogP contribution is 2.25. The van der Waals surface area contributed by atoms with Crippen molar-refractivity contribution in [2.45, 2.75) is 38.3 Å². The van der Waals surface area contributed by atoms with Crippen LogP contribution in [0.3, 0.4) is 0 Å². The van der Waals surface area contributed by atoms with Gasteiger partial charge in [-0.25, -0.2) is 9.67 Å². The Bertz CT molecular complexity index is 632. The number of nitrogens with zero attached hydrogens (tertiary/aromatic N) is 3. The smallest absolute Gasteiger partial charge is 0.244 e. The van der Waals surface area contributed by atoms with E-state index in [1.807, 2.05) is 24.3 Å². The topological polar surface area (TPSA) is 71.8 Å². The van der Waals surface area contributed by atoms with E-state index >= 15 is 0 Å². The van der Waals surface area contributed by atoms with E-state index in [2.05, 4.69) is 27.6 Å². The molecule has 116 valence electrons. The lowest BCUT2D eigenvalue weighted by Gasteiger charge is -2.26. The van der Waals surface area contributed by atoms with E-state index < -0.39 is 5.54 Å². The molecule has 0 spiro atoms. The molecule has 2 N–H and O–H groups in total. The maximum atomic E-state index is 12.6. The average molecular weight is 299 g/mol. The van der Waals surface area contributed by atoms with Crippen LogP contribution in [0.2, 0.25) is 0 Å². The first kappa shape index (κ1) is 14.7. The van der Waals surface area contributed by atoms with Crippen molar-refractivity contribution in [3.05, 3.63) is 42.5 Å². The number of nitrogens with one attached hydrogen (secondary N) is 2. The summed E-state index contributed by atoms with van der Waals surface area (Å²) in [5.74, 6) is 0.0606. The second kappa shape index (κ2) is 6.27. The average Bonchev–Trinajstić information content (AvgIpc) is 3.19. The fourth-order valence-corrected chi connectivity index (χ4v) is 2.96. The number of hydrogen-bond acceptors (Lipinski definition) is 4. The minimum atomic E-state index is -0.415. The number of carbonyl (C=O) groups is 1. The number of rotatable bonds is 5. The van der Waals surface area contributed by atoms with Crippen LogP contribution in [-0.4, -0.2) is 32.8 Å². The standard InChI is InChI=1S/C16H21N5O/c1-2-16(7-4-8-18-16)15(22)20-14-6-3-5-13(9-14)10-21-12-17-11-19-21/h3,5-6,9,11-12,18H,2,4,7-8,10H2,1H3,(H,20,22). The van der Waals surface area contributed by atoms with Crippen molar-refractivity contribution in [3.63, 3.8) is 0 Å². The Morgan fingerprint density at radius 2 is 2.41 bits per heavy atom. The normalized spacial score (nSPS) is 21.0. The predicted octanol–water partition coefficient (Wildman–Crippen LogP) is 1.80. The second-order valence-corrected chi connectivity index (χ2v) is 5.71. The SMILES string of the molecule is CCC1(C(=O)Nc2cccc(Cn3cncn3)c2)CCCN1. The summed E-state index contributed by atoms with van der Waals surface area (Å²) in [4.78, 5) is 16.5. The molecule has 0 aliphatic carbocycles. The molecule has 0 saturated carbocycles. The molecule has 1 aliphatic rings. The monoisotopic (exact) mass is 299 g/mol. The summed E-state index contributed by atoms with van der Waals surface area (Å²) in [6.07, 6.45) is 5.95. The van der Waals surface area contributed by atoms with Crippen LogP contribution in [0.1, 0.15) is 31.7 Å². The van der Waals surface area contributed by atoms with Crippen LogP contribution in [0.4, 0.5) is 5.69 Å². The van der Waals surface area contributed by atoms with Crippen LogP contribution < -0.4 is 10.6 Å². The summed E-state index contributed by atoms with van der Waals surface area (Å²) < 4.78 is 1.76. The van der Waals surface area contributed by atoms with E-state index in [0.29, 0.717) is 6.54 Å². The van der Waals surface area contributed by atoms with Gasteiger partial charge in [-0.15, -0.1) is 0 Å². The van der Waals surface area contributed by atoms with Gasteiger partial charge in [0.05, 0.1) is 12.1 Å². The van der Waals surface area contributed by atoms with E-state index in [1.165, 1.54) is 6.33 Å². The lowest BCUT2D eigenvalue weighted by molar-refractivity contribution is -0.122. The van der Waals surface area contributed by atoms with Crippen molar-refractivity contribution in [2.75, 3.05) is 11.9 Å². The maximum absolute atomic E-state index is 12.6. The van der Waals surface area contributed by atoms with E-state index in [0.717, 1.165) is 37.1 Å². The van der Waals surface area contributed by atoms with Gasteiger partial charge in [0.2, 0.25) is 5.91 Å². The molecule has 1 atom stereocenters. The number of amides is 1. The molecule has 1 aromatic heterocycles. The molecule has 2 aromatic rings. The van der Waals surface area contributed by atoms with E-state index in [4.69, 9.17) is 0 Å². The Morgan fingerprint density at radius 3 is 3.09 bits per heavy atom. The van der Waals surface area contributed by atoms with Gasteiger partial charge >= 0.3 is 0 Å². The van der Waals surface area contributed by atoms with Crippen molar-refractivity contribution >= 4 is 11.6 Å². The Balaban J connectivity index is 1.71. The molecule has 0 bridgehead atoms. The fourth-order valence-electron chi connectivity index (χ4n) is 2.96. The summed E-state index contributed by atoms with van der Waals surface area (Å²) in [5, 5.41) is 10.5. The zero-order chi connectivity index (χ0) is 15.4. The number of carbonyl (C=O) groups excluding carboxylic acids is 1. The Kier molecular flexibility index (Phi) is 4.20. The molecule has 1 fully saturated rings. The van der Waals surface area contributed by atoms with Crippen LogP contribution in [-0.2, 0) is 11.3 Å². The van der Waals surface area contributed by atoms with Crippen LogP contribution in [0.25, 0.3) is 0 Å². The molecular formula is C16H21N5O.